The zero-order valence-electron chi connectivity index (χ0n) is 11.9. The number of rotatable bonds is 6. The van der Waals surface area contributed by atoms with Crippen molar-refractivity contribution in [3.63, 3.8) is 0 Å². The second-order valence-corrected chi connectivity index (χ2v) is 5.52. The SMILES string of the molecule is Cc1noc(C)c1CCC(=O)NCC1(C(=O)O)CCC1. The highest BCUT2D eigenvalue weighted by atomic mass is 16.5. The molecule has 0 aromatic carbocycles. The number of aliphatic carboxylic acids is 1. The van der Waals surface area contributed by atoms with Gasteiger partial charge in [0.05, 0.1) is 11.1 Å². The zero-order valence-corrected chi connectivity index (χ0v) is 11.9. The summed E-state index contributed by atoms with van der Waals surface area (Å²) in [4.78, 5) is 23.0. The maximum absolute atomic E-state index is 11.8. The number of carbonyl (C=O) groups excluding carboxylic acids is 1. The van der Waals surface area contributed by atoms with Crippen LogP contribution in [0.25, 0.3) is 0 Å². The van der Waals surface area contributed by atoms with E-state index in [9.17, 15) is 14.7 Å². The second kappa shape index (κ2) is 5.64. The first-order valence-electron chi connectivity index (χ1n) is 6.86. The van der Waals surface area contributed by atoms with Gasteiger partial charge in [-0.15, -0.1) is 0 Å². The van der Waals surface area contributed by atoms with Crippen LogP contribution in [0.3, 0.4) is 0 Å². The fourth-order valence-electron chi connectivity index (χ4n) is 2.52. The van der Waals surface area contributed by atoms with Crippen molar-refractivity contribution in [3.8, 4) is 0 Å². The van der Waals surface area contributed by atoms with E-state index in [0.717, 1.165) is 23.4 Å². The quantitative estimate of drug-likeness (QED) is 0.825. The van der Waals surface area contributed by atoms with E-state index in [2.05, 4.69) is 10.5 Å². The molecule has 1 aliphatic rings. The molecule has 6 heteroatoms. The van der Waals surface area contributed by atoms with E-state index in [4.69, 9.17) is 4.52 Å². The maximum Gasteiger partial charge on any atom is 0.311 e. The lowest BCUT2D eigenvalue weighted by Crippen LogP contribution is -2.47. The third-order valence-corrected chi connectivity index (χ3v) is 4.17. The van der Waals surface area contributed by atoms with E-state index in [1.165, 1.54) is 0 Å². The van der Waals surface area contributed by atoms with Gasteiger partial charge in [-0.3, -0.25) is 9.59 Å². The van der Waals surface area contributed by atoms with Crippen LogP contribution in [0.4, 0.5) is 0 Å². The predicted octanol–water partition coefficient (Wildman–Crippen LogP) is 1.60. The predicted molar refractivity (Wildman–Crippen MR) is 71.2 cm³/mol. The fourth-order valence-corrected chi connectivity index (χ4v) is 2.52. The summed E-state index contributed by atoms with van der Waals surface area (Å²) in [5, 5.41) is 15.8. The van der Waals surface area contributed by atoms with Crippen molar-refractivity contribution in [2.45, 2.75) is 46.0 Å². The molecule has 1 saturated carbocycles. The van der Waals surface area contributed by atoms with Gasteiger partial charge in [-0.1, -0.05) is 11.6 Å². The van der Waals surface area contributed by atoms with Crippen LogP contribution in [-0.4, -0.2) is 28.7 Å². The number of hydrogen-bond donors (Lipinski definition) is 2. The Morgan fingerprint density at radius 3 is 2.55 bits per heavy atom. The number of aryl methyl sites for hydroxylation is 2. The number of carboxylic acids is 1. The maximum atomic E-state index is 11.8. The van der Waals surface area contributed by atoms with Gasteiger partial charge in [0, 0.05) is 18.5 Å². The topological polar surface area (TPSA) is 92.4 Å². The molecule has 20 heavy (non-hydrogen) atoms. The number of nitrogens with zero attached hydrogens (tertiary/aromatic N) is 1. The Labute approximate surface area is 117 Å². The van der Waals surface area contributed by atoms with Crippen molar-refractivity contribution in [2.75, 3.05) is 6.54 Å². The number of hydrogen-bond acceptors (Lipinski definition) is 4. The van der Waals surface area contributed by atoms with Crippen LogP contribution in [0.2, 0.25) is 0 Å². The van der Waals surface area contributed by atoms with Gasteiger partial charge >= 0.3 is 5.97 Å². The average molecular weight is 280 g/mol. The molecule has 1 heterocycles. The van der Waals surface area contributed by atoms with E-state index in [0.29, 0.717) is 25.7 Å². The highest BCUT2D eigenvalue weighted by molar-refractivity contribution is 5.79. The molecule has 1 amide bonds. The lowest BCUT2D eigenvalue weighted by molar-refractivity contribution is -0.154. The van der Waals surface area contributed by atoms with Gasteiger partial charge in [-0.05, 0) is 33.1 Å². The molecule has 0 aliphatic heterocycles. The highest BCUT2D eigenvalue weighted by Crippen LogP contribution is 2.40. The van der Waals surface area contributed by atoms with Crippen LogP contribution >= 0.6 is 0 Å². The van der Waals surface area contributed by atoms with Gasteiger partial charge in [-0.2, -0.15) is 0 Å². The highest BCUT2D eigenvalue weighted by Gasteiger charge is 2.44. The van der Waals surface area contributed by atoms with E-state index >= 15 is 0 Å². The standard InChI is InChI=1S/C14H20N2O4/c1-9-11(10(2)20-16-9)4-5-12(17)15-8-14(13(18)19)6-3-7-14/h3-8H2,1-2H3,(H,15,17)(H,18,19). The van der Waals surface area contributed by atoms with Gasteiger partial charge in [0.15, 0.2) is 0 Å². The van der Waals surface area contributed by atoms with Crippen LogP contribution in [0.1, 0.15) is 42.7 Å². The molecule has 0 radical (unpaired) electrons. The summed E-state index contributed by atoms with van der Waals surface area (Å²) in [6, 6.07) is 0. The molecule has 0 spiro atoms. The molecule has 0 bridgehead atoms. The molecule has 2 N–H and O–H groups in total. The molecule has 0 saturated heterocycles. The number of aromatic nitrogens is 1. The van der Waals surface area contributed by atoms with E-state index < -0.39 is 11.4 Å². The Balaban J connectivity index is 1.80. The summed E-state index contributed by atoms with van der Waals surface area (Å²) >= 11 is 0. The van der Waals surface area contributed by atoms with E-state index in [1.54, 1.807) is 0 Å². The minimum atomic E-state index is -0.810. The Bertz CT molecular complexity index is 498. The van der Waals surface area contributed by atoms with Crippen molar-refractivity contribution in [1.82, 2.24) is 10.5 Å². The van der Waals surface area contributed by atoms with Crippen molar-refractivity contribution >= 4 is 11.9 Å². The Kier molecular flexibility index (Phi) is 4.11. The normalized spacial score (nSPS) is 16.5. The lowest BCUT2D eigenvalue weighted by Gasteiger charge is -2.37. The average Bonchev–Trinajstić information content (AvgIpc) is 2.65. The Morgan fingerprint density at radius 2 is 2.10 bits per heavy atom. The first-order chi connectivity index (χ1) is 9.44. The number of carboxylic acid groups (broad SMARTS) is 1. The third kappa shape index (κ3) is 2.84. The summed E-state index contributed by atoms with van der Waals surface area (Å²) < 4.78 is 5.04. The minimum absolute atomic E-state index is 0.127. The van der Waals surface area contributed by atoms with Gasteiger partial charge in [0.25, 0.3) is 0 Å². The minimum Gasteiger partial charge on any atom is -0.481 e. The molecule has 1 fully saturated rings. The molecule has 1 aromatic rings. The second-order valence-electron chi connectivity index (χ2n) is 5.52. The van der Waals surface area contributed by atoms with Crippen molar-refractivity contribution in [1.29, 1.82) is 0 Å². The molecule has 1 aromatic heterocycles. The number of nitrogens with one attached hydrogen (secondary N) is 1. The molecular formula is C14H20N2O4. The first kappa shape index (κ1) is 14.6. The van der Waals surface area contributed by atoms with Crippen molar-refractivity contribution in [3.05, 3.63) is 17.0 Å². The van der Waals surface area contributed by atoms with Gasteiger partial charge in [0.1, 0.15) is 5.76 Å². The van der Waals surface area contributed by atoms with Crippen LogP contribution in [0.5, 0.6) is 0 Å². The molecule has 110 valence electrons. The molecule has 0 atom stereocenters. The largest absolute Gasteiger partial charge is 0.481 e. The monoisotopic (exact) mass is 280 g/mol. The first-order valence-corrected chi connectivity index (χ1v) is 6.86. The summed E-state index contributed by atoms with van der Waals surface area (Å²) in [6.07, 6.45) is 3.09. The fraction of sp³-hybridized carbons (Fsp3) is 0.643. The van der Waals surface area contributed by atoms with Gasteiger partial charge < -0.3 is 14.9 Å². The lowest BCUT2D eigenvalue weighted by atomic mass is 9.69. The Hall–Kier alpha value is -1.85. The number of carbonyl (C=O) groups is 2. The van der Waals surface area contributed by atoms with E-state index in [-0.39, 0.29) is 12.5 Å². The van der Waals surface area contributed by atoms with Gasteiger partial charge in [0.2, 0.25) is 5.91 Å². The molecule has 2 rings (SSSR count). The summed E-state index contributed by atoms with van der Waals surface area (Å²) in [7, 11) is 0. The summed E-state index contributed by atoms with van der Waals surface area (Å²) in [5.74, 6) is -0.205. The van der Waals surface area contributed by atoms with Crippen molar-refractivity contribution < 1.29 is 19.2 Å². The van der Waals surface area contributed by atoms with Crippen LogP contribution in [0, 0.1) is 19.3 Å². The molecular weight excluding hydrogens is 260 g/mol. The molecule has 1 aliphatic carbocycles. The molecule has 0 unspecified atom stereocenters. The van der Waals surface area contributed by atoms with Gasteiger partial charge in [-0.25, -0.2) is 0 Å². The molecule has 6 nitrogen and oxygen atoms in total. The summed E-state index contributed by atoms with van der Waals surface area (Å²) in [5.41, 5.74) is 1.02. The van der Waals surface area contributed by atoms with Crippen LogP contribution in [0.15, 0.2) is 4.52 Å². The van der Waals surface area contributed by atoms with Crippen LogP contribution in [-0.2, 0) is 16.0 Å². The summed E-state index contributed by atoms with van der Waals surface area (Å²) in [6.45, 7) is 3.89. The number of amides is 1. The zero-order chi connectivity index (χ0) is 14.8. The van der Waals surface area contributed by atoms with Crippen molar-refractivity contribution in [2.24, 2.45) is 5.41 Å². The Morgan fingerprint density at radius 1 is 1.40 bits per heavy atom. The van der Waals surface area contributed by atoms with E-state index in [1.807, 2.05) is 13.8 Å². The third-order valence-electron chi connectivity index (χ3n) is 4.17. The van der Waals surface area contributed by atoms with Crippen LogP contribution < -0.4 is 5.32 Å². The smallest absolute Gasteiger partial charge is 0.311 e.